The number of nitrogens with zero attached hydrogens (tertiary/aromatic N) is 4. The molecule has 100 valence electrons. The van der Waals surface area contributed by atoms with Gasteiger partial charge in [-0.05, 0) is 35.9 Å². The lowest BCUT2D eigenvalue weighted by atomic mass is 10.1. The van der Waals surface area contributed by atoms with Crippen LogP contribution in [0.1, 0.15) is 30.6 Å². The van der Waals surface area contributed by atoms with Gasteiger partial charge in [0.1, 0.15) is 0 Å². The van der Waals surface area contributed by atoms with E-state index in [1.54, 1.807) is 23.9 Å². The summed E-state index contributed by atoms with van der Waals surface area (Å²) in [6.45, 7) is 4.01. The van der Waals surface area contributed by atoms with Crippen molar-refractivity contribution in [1.82, 2.24) is 25.5 Å². The Morgan fingerprint density at radius 3 is 2.89 bits per heavy atom. The summed E-state index contributed by atoms with van der Waals surface area (Å²) in [5, 5.41) is 14.3. The van der Waals surface area contributed by atoms with Crippen molar-refractivity contribution in [1.29, 1.82) is 0 Å². The lowest BCUT2D eigenvalue weighted by molar-refractivity contribution is 0.0939. The van der Waals surface area contributed by atoms with Gasteiger partial charge in [0.2, 0.25) is 0 Å². The van der Waals surface area contributed by atoms with Gasteiger partial charge in [-0.1, -0.05) is 19.1 Å². The topological polar surface area (TPSA) is 72.7 Å². The van der Waals surface area contributed by atoms with Crippen LogP contribution in [-0.2, 0) is 7.05 Å². The van der Waals surface area contributed by atoms with Gasteiger partial charge in [-0.3, -0.25) is 4.79 Å². The first-order chi connectivity index (χ1) is 9.11. The van der Waals surface area contributed by atoms with E-state index < -0.39 is 0 Å². The number of rotatable bonds is 4. The van der Waals surface area contributed by atoms with E-state index in [0.717, 1.165) is 12.0 Å². The third-order valence-electron chi connectivity index (χ3n) is 2.99. The molecule has 1 aromatic heterocycles. The molecule has 2 rings (SSSR count). The van der Waals surface area contributed by atoms with Crippen molar-refractivity contribution in [2.24, 2.45) is 7.05 Å². The number of tetrazole rings is 1. The Bertz CT molecular complexity index is 578. The van der Waals surface area contributed by atoms with E-state index in [4.69, 9.17) is 0 Å². The molecule has 1 unspecified atom stereocenters. The lowest BCUT2D eigenvalue weighted by Crippen LogP contribution is -2.31. The number of hydrogen-bond acceptors (Lipinski definition) is 4. The summed E-state index contributed by atoms with van der Waals surface area (Å²) in [4.78, 5) is 12.1. The van der Waals surface area contributed by atoms with Crippen LogP contribution in [0.4, 0.5) is 0 Å². The maximum atomic E-state index is 12.1. The highest BCUT2D eigenvalue weighted by atomic mass is 16.1. The minimum Gasteiger partial charge on any atom is -0.350 e. The van der Waals surface area contributed by atoms with Crippen LogP contribution in [0.25, 0.3) is 11.4 Å². The second-order valence-electron chi connectivity index (χ2n) is 4.49. The Morgan fingerprint density at radius 1 is 1.47 bits per heavy atom. The fourth-order valence-electron chi connectivity index (χ4n) is 1.68. The third-order valence-corrected chi connectivity index (χ3v) is 2.99. The van der Waals surface area contributed by atoms with E-state index in [2.05, 4.69) is 20.8 Å². The Kier molecular flexibility index (Phi) is 3.89. The van der Waals surface area contributed by atoms with Gasteiger partial charge < -0.3 is 5.32 Å². The first-order valence-electron chi connectivity index (χ1n) is 6.25. The molecule has 2 aromatic rings. The normalized spacial score (nSPS) is 12.2. The number of benzene rings is 1. The van der Waals surface area contributed by atoms with Crippen LogP contribution >= 0.6 is 0 Å². The predicted molar refractivity (Wildman–Crippen MR) is 71.5 cm³/mol. The van der Waals surface area contributed by atoms with Crippen LogP contribution in [0.2, 0.25) is 0 Å². The minimum atomic E-state index is -0.0775. The van der Waals surface area contributed by atoms with Crippen LogP contribution in [0.5, 0.6) is 0 Å². The molecule has 19 heavy (non-hydrogen) atoms. The Balaban J connectivity index is 2.25. The van der Waals surface area contributed by atoms with E-state index in [1.807, 2.05) is 26.0 Å². The van der Waals surface area contributed by atoms with Gasteiger partial charge in [0.05, 0.1) is 0 Å². The molecule has 0 fully saturated rings. The first kappa shape index (κ1) is 13.2. The van der Waals surface area contributed by atoms with Gasteiger partial charge in [-0.15, -0.1) is 5.10 Å². The van der Waals surface area contributed by atoms with Crippen molar-refractivity contribution >= 4 is 5.91 Å². The van der Waals surface area contributed by atoms with E-state index >= 15 is 0 Å². The molecule has 0 aliphatic carbocycles. The third kappa shape index (κ3) is 2.96. The molecule has 0 saturated heterocycles. The number of aryl methyl sites for hydroxylation is 1. The number of carbonyl (C=O) groups is 1. The summed E-state index contributed by atoms with van der Waals surface area (Å²) in [6, 6.07) is 7.45. The van der Waals surface area contributed by atoms with E-state index in [0.29, 0.717) is 11.4 Å². The predicted octanol–water partition coefficient (Wildman–Crippen LogP) is 1.41. The number of nitrogens with one attached hydrogen (secondary N) is 1. The van der Waals surface area contributed by atoms with Crippen LogP contribution in [0.3, 0.4) is 0 Å². The molecular formula is C13H17N5O. The minimum absolute atomic E-state index is 0.0775. The zero-order valence-corrected chi connectivity index (χ0v) is 11.3. The second kappa shape index (κ2) is 5.60. The van der Waals surface area contributed by atoms with Crippen molar-refractivity contribution in [3.8, 4) is 11.4 Å². The lowest BCUT2D eigenvalue weighted by Gasteiger charge is -2.11. The molecular weight excluding hydrogens is 242 g/mol. The zero-order valence-electron chi connectivity index (χ0n) is 11.3. The Hall–Kier alpha value is -2.24. The largest absolute Gasteiger partial charge is 0.350 e. The molecule has 0 saturated carbocycles. The van der Waals surface area contributed by atoms with Gasteiger partial charge in [-0.2, -0.15) is 0 Å². The van der Waals surface area contributed by atoms with Crippen molar-refractivity contribution in [3.63, 3.8) is 0 Å². The highest BCUT2D eigenvalue weighted by Crippen LogP contribution is 2.16. The highest BCUT2D eigenvalue weighted by molar-refractivity contribution is 5.95. The maximum absolute atomic E-state index is 12.1. The van der Waals surface area contributed by atoms with Crippen molar-refractivity contribution in [3.05, 3.63) is 29.8 Å². The molecule has 1 N–H and O–H groups in total. The molecule has 0 bridgehead atoms. The molecule has 1 aromatic carbocycles. The average Bonchev–Trinajstić information content (AvgIpc) is 2.85. The fourth-order valence-corrected chi connectivity index (χ4v) is 1.68. The fraction of sp³-hybridized carbons (Fsp3) is 0.385. The van der Waals surface area contributed by atoms with Crippen molar-refractivity contribution in [2.75, 3.05) is 0 Å². The van der Waals surface area contributed by atoms with Crippen LogP contribution in [0.15, 0.2) is 24.3 Å². The maximum Gasteiger partial charge on any atom is 0.251 e. The summed E-state index contributed by atoms with van der Waals surface area (Å²) in [6.07, 6.45) is 0.901. The second-order valence-corrected chi connectivity index (χ2v) is 4.49. The summed E-state index contributed by atoms with van der Waals surface area (Å²) in [7, 11) is 1.77. The van der Waals surface area contributed by atoms with E-state index in [1.165, 1.54) is 0 Å². The molecule has 6 heteroatoms. The SMILES string of the molecule is CCC(C)NC(=O)c1cccc(-c2nnnn2C)c1. The van der Waals surface area contributed by atoms with Crippen LogP contribution < -0.4 is 5.32 Å². The summed E-state index contributed by atoms with van der Waals surface area (Å²) < 4.78 is 1.58. The quantitative estimate of drug-likeness (QED) is 0.901. The molecule has 6 nitrogen and oxygen atoms in total. The molecule has 0 radical (unpaired) electrons. The number of aromatic nitrogens is 4. The molecule has 1 atom stereocenters. The molecule has 0 spiro atoms. The number of amides is 1. The summed E-state index contributed by atoms with van der Waals surface area (Å²) in [5.74, 6) is 0.560. The van der Waals surface area contributed by atoms with E-state index in [-0.39, 0.29) is 11.9 Å². The van der Waals surface area contributed by atoms with Gasteiger partial charge in [0.15, 0.2) is 5.82 Å². The molecule has 0 aliphatic heterocycles. The van der Waals surface area contributed by atoms with Crippen molar-refractivity contribution < 1.29 is 4.79 Å². The number of carbonyl (C=O) groups excluding carboxylic acids is 1. The van der Waals surface area contributed by atoms with Gasteiger partial charge in [0, 0.05) is 24.2 Å². The first-order valence-corrected chi connectivity index (χ1v) is 6.25. The van der Waals surface area contributed by atoms with Gasteiger partial charge in [0.25, 0.3) is 5.91 Å². The molecule has 1 amide bonds. The summed E-state index contributed by atoms with van der Waals surface area (Å²) >= 11 is 0. The average molecular weight is 259 g/mol. The standard InChI is InChI=1S/C13H17N5O/c1-4-9(2)14-13(19)11-7-5-6-10(8-11)12-15-16-17-18(12)3/h5-9H,4H2,1-3H3,(H,14,19). The Morgan fingerprint density at radius 2 is 2.26 bits per heavy atom. The van der Waals surface area contributed by atoms with E-state index in [9.17, 15) is 4.79 Å². The van der Waals surface area contributed by atoms with Crippen molar-refractivity contribution in [2.45, 2.75) is 26.3 Å². The summed E-state index contributed by atoms with van der Waals surface area (Å²) in [5.41, 5.74) is 1.44. The highest BCUT2D eigenvalue weighted by Gasteiger charge is 2.11. The van der Waals surface area contributed by atoms with Gasteiger partial charge >= 0.3 is 0 Å². The number of hydrogen-bond donors (Lipinski definition) is 1. The van der Waals surface area contributed by atoms with Crippen LogP contribution in [0, 0.1) is 0 Å². The Labute approximate surface area is 111 Å². The zero-order chi connectivity index (χ0) is 13.8. The molecule has 1 heterocycles. The van der Waals surface area contributed by atoms with Crippen LogP contribution in [-0.4, -0.2) is 32.2 Å². The van der Waals surface area contributed by atoms with Gasteiger partial charge in [-0.25, -0.2) is 4.68 Å². The monoisotopic (exact) mass is 259 g/mol. The molecule has 0 aliphatic rings. The smallest absolute Gasteiger partial charge is 0.251 e.